The van der Waals surface area contributed by atoms with Crippen LogP contribution in [0.2, 0.25) is 0 Å². The fraction of sp³-hybridized carbons (Fsp3) is 0.571. The summed E-state index contributed by atoms with van der Waals surface area (Å²) in [6, 6.07) is 3.46. The molecule has 0 spiro atoms. The van der Waals surface area contributed by atoms with Crippen molar-refractivity contribution < 1.29 is 13.2 Å². The van der Waals surface area contributed by atoms with E-state index in [2.05, 4.69) is 6.92 Å². The molecule has 1 rings (SSSR count). The van der Waals surface area contributed by atoms with Gasteiger partial charge in [-0.05, 0) is 43.5 Å². The Balaban J connectivity index is 2.74. The van der Waals surface area contributed by atoms with Gasteiger partial charge in [0.2, 0.25) is 10.0 Å². The molecule has 0 amide bonds. The maximum Gasteiger partial charge on any atom is 0.238 e. The third-order valence-corrected chi connectivity index (χ3v) is 4.20. The van der Waals surface area contributed by atoms with Gasteiger partial charge in [-0.2, -0.15) is 0 Å². The van der Waals surface area contributed by atoms with Crippen LogP contribution in [0, 0.1) is 13.8 Å². The lowest BCUT2D eigenvalue weighted by Crippen LogP contribution is -2.15. The first kappa shape index (κ1) is 16.0. The molecule has 0 atom stereocenters. The van der Waals surface area contributed by atoms with Crippen LogP contribution in [0.25, 0.3) is 0 Å². The van der Waals surface area contributed by atoms with Crippen molar-refractivity contribution >= 4 is 10.0 Å². The summed E-state index contributed by atoms with van der Waals surface area (Å²) in [4.78, 5) is 0.200. The lowest BCUT2D eigenvalue weighted by atomic mass is 10.1. The number of aryl methyl sites for hydroxylation is 2. The SMILES string of the molecule is CCCCCCOc1cc(C)c(S(N)(=O)=O)c(C)c1. The van der Waals surface area contributed by atoms with Crippen molar-refractivity contribution in [2.45, 2.75) is 51.3 Å². The average Bonchev–Trinajstić information content (AvgIpc) is 2.25. The molecule has 2 N–H and O–H groups in total. The average molecular weight is 285 g/mol. The Labute approximate surface area is 116 Å². The highest BCUT2D eigenvalue weighted by atomic mass is 32.2. The molecule has 4 nitrogen and oxygen atoms in total. The van der Waals surface area contributed by atoms with E-state index in [0.29, 0.717) is 23.5 Å². The molecule has 0 aliphatic carbocycles. The van der Waals surface area contributed by atoms with Crippen LogP contribution in [0.4, 0.5) is 0 Å². The highest BCUT2D eigenvalue weighted by Gasteiger charge is 2.16. The van der Waals surface area contributed by atoms with Gasteiger partial charge < -0.3 is 4.74 Å². The standard InChI is InChI=1S/C14H23NO3S/c1-4-5-6-7-8-18-13-9-11(2)14(12(3)10-13)19(15,16)17/h9-10H,4-8H2,1-3H3,(H2,15,16,17). The summed E-state index contributed by atoms with van der Waals surface area (Å²) < 4.78 is 28.6. The second kappa shape index (κ2) is 6.91. The van der Waals surface area contributed by atoms with Gasteiger partial charge >= 0.3 is 0 Å². The van der Waals surface area contributed by atoms with Crippen LogP contribution in [-0.4, -0.2) is 15.0 Å². The molecule has 0 aromatic heterocycles. The van der Waals surface area contributed by atoms with Gasteiger partial charge in [0.05, 0.1) is 11.5 Å². The van der Waals surface area contributed by atoms with Gasteiger partial charge in [0.1, 0.15) is 5.75 Å². The van der Waals surface area contributed by atoms with Gasteiger partial charge in [-0.1, -0.05) is 26.2 Å². The Bertz CT molecular complexity index is 500. The molecule has 0 saturated heterocycles. The smallest absolute Gasteiger partial charge is 0.238 e. The Morgan fingerprint density at radius 1 is 1.11 bits per heavy atom. The number of sulfonamides is 1. The first-order valence-electron chi connectivity index (χ1n) is 6.63. The zero-order valence-corrected chi connectivity index (χ0v) is 12.7. The Hall–Kier alpha value is -1.07. The molecular formula is C14H23NO3S. The van der Waals surface area contributed by atoms with Gasteiger partial charge in [0.25, 0.3) is 0 Å². The lowest BCUT2D eigenvalue weighted by molar-refractivity contribution is 0.304. The van der Waals surface area contributed by atoms with Crippen molar-refractivity contribution in [3.63, 3.8) is 0 Å². The first-order valence-corrected chi connectivity index (χ1v) is 8.17. The van der Waals surface area contributed by atoms with E-state index in [4.69, 9.17) is 9.88 Å². The quantitative estimate of drug-likeness (QED) is 0.783. The van der Waals surface area contributed by atoms with E-state index in [1.165, 1.54) is 12.8 Å². The molecule has 1 aromatic rings. The number of benzene rings is 1. The zero-order valence-electron chi connectivity index (χ0n) is 11.9. The Kier molecular flexibility index (Phi) is 5.82. The molecular weight excluding hydrogens is 262 g/mol. The van der Waals surface area contributed by atoms with Crippen molar-refractivity contribution in [3.05, 3.63) is 23.3 Å². The zero-order chi connectivity index (χ0) is 14.5. The van der Waals surface area contributed by atoms with Crippen molar-refractivity contribution in [2.75, 3.05) is 6.61 Å². The third kappa shape index (κ3) is 4.84. The summed E-state index contributed by atoms with van der Waals surface area (Å²) in [6.45, 7) is 6.29. The van der Waals surface area contributed by atoms with E-state index in [0.717, 1.165) is 12.8 Å². The number of rotatable bonds is 7. The largest absolute Gasteiger partial charge is 0.494 e. The predicted molar refractivity (Wildman–Crippen MR) is 76.9 cm³/mol. The van der Waals surface area contributed by atoms with Crippen molar-refractivity contribution in [1.82, 2.24) is 0 Å². The van der Waals surface area contributed by atoms with Crippen LogP contribution in [0.5, 0.6) is 5.75 Å². The molecule has 0 aliphatic heterocycles. The Morgan fingerprint density at radius 2 is 1.68 bits per heavy atom. The summed E-state index contributed by atoms with van der Waals surface area (Å²) in [6.07, 6.45) is 4.58. The van der Waals surface area contributed by atoms with Gasteiger partial charge in [0, 0.05) is 0 Å². The number of primary sulfonamides is 1. The monoisotopic (exact) mass is 285 g/mol. The number of hydrogen-bond donors (Lipinski definition) is 1. The third-order valence-electron chi connectivity index (χ3n) is 2.98. The van der Waals surface area contributed by atoms with Crippen LogP contribution >= 0.6 is 0 Å². The number of nitrogens with two attached hydrogens (primary N) is 1. The fourth-order valence-corrected chi connectivity index (χ4v) is 3.18. The molecule has 0 unspecified atom stereocenters. The highest BCUT2D eigenvalue weighted by Crippen LogP contribution is 2.25. The molecule has 0 radical (unpaired) electrons. The van der Waals surface area contributed by atoms with E-state index in [-0.39, 0.29) is 4.90 Å². The van der Waals surface area contributed by atoms with E-state index in [1.807, 2.05) is 0 Å². The first-order chi connectivity index (χ1) is 8.86. The minimum absolute atomic E-state index is 0.200. The van der Waals surface area contributed by atoms with E-state index >= 15 is 0 Å². The van der Waals surface area contributed by atoms with Crippen molar-refractivity contribution in [3.8, 4) is 5.75 Å². The minimum atomic E-state index is -3.67. The minimum Gasteiger partial charge on any atom is -0.494 e. The van der Waals surface area contributed by atoms with Crippen LogP contribution in [0.3, 0.4) is 0 Å². The van der Waals surface area contributed by atoms with Gasteiger partial charge in [-0.15, -0.1) is 0 Å². The predicted octanol–water partition coefficient (Wildman–Crippen LogP) is 2.91. The molecule has 0 heterocycles. The molecule has 0 saturated carbocycles. The molecule has 19 heavy (non-hydrogen) atoms. The molecule has 0 aliphatic rings. The molecule has 0 fully saturated rings. The number of hydrogen-bond acceptors (Lipinski definition) is 3. The maximum absolute atomic E-state index is 11.5. The second-order valence-corrected chi connectivity index (χ2v) is 6.34. The van der Waals surface area contributed by atoms with E-state index in [1.54, 1.807) is 26.0 Å². The van der Waals surface area contributed by atoms with Gasteiger partial charge in [0.15, 0.2) is 0 Å². The topological polar surface area (TPSA) is 69.4 Å². The summed E-state index contributed by atoms with van der Waals surface area (Å²) in [7, 11) is -3.67. The number of unbranched alkanes of at least 4 members (excludes halogenated alkanes) is 3. The van der Waals surface area contributed by atoms with Crippen LogP contribution < -0.4 is 9.88 Å². The normalized spacial score (nSPS) is 11.6. The van der Waals surface area contributed by atoms with Crippen LogP contribution in [-0.2, 0) is 10.0 Å². The summed E-state index contributed by atoms with van der Waals surface area (Å²) >= 11 is 0. The molecule has 5 heteroatoms. The van der Waals surface area contributed by atoms with Gasteiger partial charge in [-0.25, -0.2) is 13.6 Å². The molecule has 1 aromatic carbocycles. The summed E-state index contributed by atoms with van der Waals surface area (Å²) in [5, 5.41) is 5.19. The Morgan fingerprint density at radius 3 is 2.16 bits per heavy atom. The maximum atomic E-state index is 11.5. The van der Waals surface area contributed by atoms with E-state index in [9.17, 15) is 8.42 Å². The molecule has 108 valence electrons. The lowest BCUT2D eigenvalue weighted by Gasteiger charge is -2.12. The molecule has 0 bridgehead atoms. The van der Waals surface area contributed by atoms with Crippen molar-refractivity contribution in [1.29, 1.82) is 0 Å². The highest BCUT2D eigenvalue weighted by molar-refractivity contribution is 7.89. The van der Waals surface area contributed by atoms with Gasteiger partial charge in [-0.3, -0.25) is 0 Å². The summed E-state index contributed by atoms with van der Waals surface area (Å²) in [5.41, 5.74) is 1.26. The van der Waals surface area contributed by atoms with Crippen LogP contribution in [0.1, 0.15) is 43.7 Å². The number of ether oxygens (including phenoxy) is 1. The fourth-order valence-electron chi connectivity index (χ4n) is 2.16. The van der Waals surface area contributed by atoms with Crippen LogP contribution in [0.15, 0.2) is 17.0 Å². The summed E-state index contributed by atoms with van der Waals surface area (Å²) in [5.74, 6) is 0.707. The van der Waals surface area contributed by atoms with Crippen molar-refractivity contribution in [2.24, 2.45) is 5.14 Å². The second-order valence-electron chi connectivity index (χ2n) is 4.84. The van der Waals surface area contributed by atoms with E-state index < -0.39 is 10.0 Å².